The first-order chi connectivity index (χ1) is 9.91. The average Bonchev–Trinajstić information content (AvgIpc) is 2.78. The van der Waals surface area contributed by atoms with Crippen LogP contribution in [0.25, 0.3) is 0 Å². The van der Waals surface area contributed by atoms with Crippen molar-refractivity contribution in [3.63, 3.8) is 0 Å². The van der Waals surface area contributed by atoms with Gasteiger partial charge < -0.3 is 5.32 Å². The molecule has 0 saturated carbocycles. The number of rotatable bonds is 6. The van der Waals surface area contributed by atoms with Gasteiger partial charge in [0, 0.05) is 16.1 Å². The normalized spacial score (nSPS) is 22.3. The first-order valence-corrected chi connectivity index (χ1v) is 9.86. The molecule has 118 valence electrons. The lowest BCUT2D eigenvalue weighted by Gasteiger charge is -2.24. The monoisotopic (exact) mass is 349 g/mol. The molecule has 2 unspecified atom stereocenters. The van der Waals surface area contributed by atoms with E-state index in [0.29, 0.717) is 22.2 Å². The lowest BCUT2D eigenvalue weighted by Crippen LogP contribution is -2.39. The predicted octanol–water partition coefficient (Wildman–Crippen LogP) is 3.34. The maximum Gasteiger partial charge on any atom is 0.150 e. The van der Waals surface area contributed by atoms with Crippen LogP contribution in [0.15, 0.2) is 18.2 Å². The molecular weight excluding hydrogens is 329 g/mol. The summed E-state index contributed by atoms with van der Waals surface area (Å²) in [5, 5.41) is 4.82. The molecule has 1 aromatic rings. The van der Waals surface area contributed by atoms with Gasteiger partial charge in [-0.1, -0.05) is 30.1 Å². The van der Waals surface area contributed by atoms with Gasteiger partial charge >= 0.3 is 0 Å². The minimum atomic E-state index is -2.88. The molecule has 0 amide bonds. The van der Waals surface area contributed by atoms with Gasteiger partial charge in [-0.25, -0.2) is 8.42 Å². The van der Waals surface area contributed by atoms with E-state index in [2.05, 4.69) is 12.2 Å². The number of sulfone groups is 1. The molecule has 0 spiro atoms. The fourth-order valence-corrected chi connectivity index (χ4v) is 5.08. The molecule has 2 rings (SSSR count). The Morgan fingerprint density at radius 1 is 1.38 bits per heavy atom. The molecule has 0 radical (unpaired) electrons. The zero-order valence-corrected chi connectivity index (χ0v) is 14.4. The minimum absolute atomic E-state index is 0.123. The van der Waals surface area contributed by atoms with Crippen LogP contribution < -0.4 is 5.32 Å². The molecular formula is C15H21Cl2NO2S. The molecule has 0 bridgehead atoms. The third kappa shape index (κ3) is 4.85. The third-order valence-corrected chi connectivity index (χ3v) is 6.34. The molecule has 0 aromatic heterocycles. The van der Waals surface area contributed by atoms with Gasteiger partial charge in [0.1, 0.15) is 0 Å². The molecule has 1 N–H and O–H groups in total. The van der Waals surface area contributed by atoms with E-state index < -0.39 is 9.84 Å². The number of hydrogen-bond donors (Lipinski definition) is 1. The van der Waals surface area contributed by atoms with Crippen molar-refractivity contribution in [1.82, 2.24) is 5.32 Å². The van der Waals surface area contributed by atoms with E-state index >= 15 is 0 Å². The van der Waals surface area contributed by atoms with Gasteiger partial charge in [-0.05, 0) is 55.5 Å². The van der Waals surface area contributed by atoms with Crippen LogP contribution in [0, 0.1) is 5.92 Å². The van der Waals surface area contributed by atoms with Crippen LogP contribution >= 0.6 is 23.2 Å². The lowest BCUT2D eigenvalue weighted by molar-refractivity contribution is 0.379. The maximum absolute atomic E-state index is 11.7. The molecule has 1 heterocycles. The lowest BCUT2D eigenvalue weighted by atomic mass is 9.93. The van der Waals surface area contributed by atoms with E-state index in [9.17, 15) is 8.42 Å². The summed E-state index contributed by atoms with van der Waals surface area (Å²) < 4.78 is 23.4. The zero-order valence-electron chi connectivity index (χ0n) is 12.1. The quantitative estimate of drug-likeness (QED) is 0.856. The van der Waals surface area contributed by atoms with Crippen molar-refractivity contribution in [3.05, 3.63) is 33.8 Å². The summed E-state index contributed by atoms with van der Waals surface area (Å²) in [5.74, 6) is 0.717. The van der Waals surface area contributed by atoms with Gasteiger partial charge in [0.2, 0.25) is 0 Å². The Morgan fingerprint density at radius 3 is 2.76 bits per heavy atom. The number of nitrogens with one attached hydrogen (secondary N) is 1. The van der Waals surface area contributed by atoms with Gasteiger partial charge in [-0.3, -0.25) is 0 Å². The second-order valence-corrected chi connectivity index (χ2v) is 8.74. The highest BCUT2D eigenvalue weighted by atomic mass is 35.5. The topological polar surface area (TPSA) is 46.2 Å². The van der Waals surface area contributed by atoms with E-state index in [0.717, 1.165) is 24.9 Å². The summed E-state index contributed by atoms with van der Waals surface area (Å²) in [4.78, 5) is 0. The molecule has 21 heavy (non-hydrogen) atoms. The highest BCUT2D eigenvalue weighted by Gasteiger charge is 2.33. The summed E-state index contributed by atoms with van der Waals surface area (Å²) in [6, 6.07) is 5.55. The van der Waals surface area contributed by atoms with E-state index in [-0.39, 0.29) is 17.7 Å². The van der Waals surface area contributed by atoms with Crippen molar-refractivity contribution in [2.24, 2.45) is 5.92 Å². The van der Waals surface area contributed by atoms with Crippen molar-refractivity contribution >= 4 is 33.0 Å². The van der Waals surface area contributed by atoms with Crippen LogP contribution in [0.1, 0.15) is 25.3 Å². The first-order valence-electron chi connectivity index (χ1n) is 7.29. The van der Waals surface area contributed by atoms with Crippen LogP contribution in [0.4, 0.5) is 0 Å². The number of benzene rings is 1. The van der Waals surface area contributed by atoms with Crippen LogP contribution in [0.3, 0.4) is 0 Å². The second-order valence-electron chi connectivity index (χ2n) is 5.66. The van der Waals surface area contributed by atoms with Gasteiger partial charge in [-0.15, -0.1) is 0 Å². The largest absolute Gasteiger partial charge is 0.313 e. The van der Waals surface area contributed by atoms with Crippen molar-refractivity contribution in [2.75, 3.05) is 18.1 Å². The van der Waals surface area contributed by atoms with Crippen LogP contribution in [0.2, 0.25) is 10.0 Å². The Kier molecular flexibility index (Phi) is 5.95. The summed E-state index contributed by atoms with van der Waals surface area (Å²) in [7, 11) is -2.88. The molecule has 0 aliphatic carbocycles. The maximum atomic E-state index is 11.7. The molecule has 3 nitrogen and oxygen atoms in total. The minimum Gasteiger partial charge on any atom is -0.313 e. The second kappa shape index (κ2) is 7.32. The van der Waals surface area contributed by atoms with E-state index in [1.807, 2.05) is 6.07 Å². The molecule has 1 aromatic carbocycles. The summed E-state index contributed by atoms with van der Waals surface area (Å²) in [6.45, 7) is 2.97. The fraction of sp³-hybridized carbons (Fsp3) is 0.600. The molecule has 1 aliphatic heterocycles. The first kappa shape index (κ1) is 17.1. The average molecular weight is 350 g/mol. The Hall–Kier alpha value is -0.290. The molecule has 6 heteroatoms. The van der Waals surface area contributed by atoms with Gasteiger partial charge in [0.05, 0.1) is 11.5 Å². The molecule has 1 saturated heterocycles. The summed E-state index contributed by atoms with van der Waals surface area (Å²) >= 11 is 12.3. The molecule has 2 atom stereocenters. The zero-order chi connectivity index (χ0) is 15.5. The van der Waals surface area contributed by atoms with Crippen LogP contribution in [-0.4, -0.2) is 32.5 Å². The number of hydrogen-bond acceptors (Lipinski definition) is 3. The van der Waals surface area contributed by atoms with Crippen molar-refractivity contribution < 1.29 is 8.42 Å². The van der Waals surface area contributed by atoms with Gasteiger partial charge in [0.25, 0.3) is 0 Å². The van der Waals surface area contributed by atoms with E-state index in [1.54, 1.807) is 12.1 Å². The van der Waals surface area contributed by atoms with Gasteiger partial charge in [-0.2, -0.15) is 0 Å². The summed E-state index contributed by atoms with van der Waals surface area (Å²) in [5.41, 5.74) is 0.974. The van der Waals surface area contributed by atoms with E-state index in [1.165, 1.54) is 0 Å². The third-order valence-electron chi connectivity index (χ3n) is 3.94. The van der Waals surface area contributed by atoms with Crippen LogP contribution in [0.5, 0.6) is 0 Å². The predicted molar refractivity (Wildman–Crippen MR) is 89.0 cm³/mol. The fourth-order valence-electron chi connectivity index (χ4n) is 2.81. The van der Waals surface area contributed by atoms with Crippen molar-refractivity contribution in [2.45, 2.75) is 32.2 Å². The molecule has 1 aliphatic rings. The SMILES string of the molecule is CCCNC(Cc1cc(Cl)ccc1Cl)C1CCS(=O)(=O)C1. The van der Waals surface area contributed by atoms with Crippen molar-refractivity contribution in [1.29, 1.82) is 0 Å². The van der Waals surface area contributed by atoms with Crippen molar-refractivity contribution in [3.8, 4) is 0 Å². The highest BCUT2D eigenvalue weighted by molar-refractivity contribution is 7.91. The molecule has 1 fully saturated rings. The van der Waals surface area contributed by atoms with Crippen LogP contribution in [-0.2, 0) is 16.3 Å². The highest BCUT2D eigenvalue weighted by Crippen LogP contribution is 2.27. The smallest absolute Gasteiger partial charge is 0.150 e. The standard InChI is InChI=1S/C15H21Cl2NO2S/c1-2-6-18-15(11-5-7-21(19,20)10-11)9-12-8-13(16)3-4-14(12)17/h3-4,8,11,15,18H,2,5-7,9-10H2,1H3. The Balaban J connectivity index is 2.14. The Labute approximate surface area is 136 Å². The Morgan fingerprint density at radius 2 is 2.14 bits per heavy atom. The number of halogens is 2. The Bertz CT molecular complexity index is 589. The summed E-state index contributed by atoms with van der Waals surface area (Å²) in [6.07, 6.45) is 2.45. The van der Waals surface area contributed by atoms with Gasteiger partial charge in [0.15, 0.2) is 9.84 Å². The van der Waals surface area contributed by atoms with E-state index in [4.69, 9.17) is 23.2 Å².